The van der Waals surface area contributed by atoms with E-state index in [2.05, 4.69) is 10.5 Å². The van der Waals surface area contributed by atoms with Gasteiger partial charge in [0.2, 0.25) is 5.88 Å². The van der Waals surface area contributed by atoms with E-state index in [0.29, 0.717) is 27.9 Å². The van der Waals surface area contributed by atoms with Crippen LogP contribution < -0.4 is 11.1 Å². The van der Waals surface area contributed by atoms with E-state index < -0.39 is 0 Å². The molecule has 2 rings (SSSR count). The van der Waals surface area contributed by atoms with E-state index in [-0.39, 0.29) is 5.91 Å². The summed E-state index contributed by atoms with van der Waals surface area (Å²) in [6.07, 6.45) is 0. The first-order valence-corrected chi connectivity index (χ1v) is 5.24. The molecule has 0 saturated heterocycles. The Kier molecular flexibility index (Phi) is 3.01. The number of nitrogens with one attached hydrogen (secondary N) is 1. The number of nitrogen functional groups attached to an aromatic ring is 1. The normalized spacial score (nSPS) is 10.2. The van der Waals surface area contributed by atoms with Gasteiger partial charge in [0, 0.05) is 11.6 Å². The van der Waals surface area contributed by atoms with Gasteiger partial charge in [-0.15, -0.1) is 0 Å². The van der Waals surface area contributed by atoms with Crippen molar-refractivity contribution in [3.63, 3.8) is 0 Å². The summed E-state index contributed by atoms with van der Waals surface area (Å²) in [6.45, 7) is 1.76. The average molecular weight is 252 g/mol. The van der Waals surface area contributed by atoms with E-state index in [1.165, 1.54) is 6.07 Å². The summed E-state index contributed by atoms with van der Waals surface area (Å²) < 4.78 is 4.87. The van der Waals surface area contributed by atoms with Gasteiger partial charge in [0.05, 0.1) is 16.4 Å². The number of amides is 1. The minimum atomic E-state index is -0.331. The Labute approximate surface area is 103 Å². The zero-order valence-electron chi connectivity index (χ0n) is 9.03. The number of aromatic nitrogens is 1. The molecule has 0 fully saturated rings. The number of carbonyl (C=O) groups is 1. The quantitative estimate of drug-likeness (QED) is 0.804. The van der Waals surface area contributed by atoms with Gasteiger partial charge in [0.15, 0.2) is 0 Å². The number of carbonyl (C=O) groups excluding carboxylic acids is 1. The average Bonchev–Trinajstić information content (AvgIpc) is 2.68. The highest BCUT2D eigenvalue weighted by Gasteiger charge is 2.10. The third-order valence-electron chi connectivity index (χ3n) is 2.13. The van der Waals surface area contributed by atoms with Crippen molar-refractivity contribution in [1.29, 1.82) is 0 Å². The number of rotatable bonds is 2. The lowest BCUT2D eigenvalue weighted by atomic mass is 10.2. The number of anilines is 2. The summed E-state index contributed by atoms with van der Waals surface area (Å²) in [6, 6.07) is 6.27. The molecule has 6 heteroatoms. The van der Waals surface area contributed by atoms with Gasteiger partial charge in [0.1, 0.15) is 0 Å². The van der Waals surface area contributed by atoms with Crippen LogP contribution in [0.3, 0.4) is 0 Å². The molecule has 0 unspecified atom stereocenters. The molecule has 0 aliphatic rings. The highest BCUT2D eigenvalue weighted by Crippen LogP contribution is 2.20. The van der Waals surface area contributed by atoms with Gasteiger partial charge in [-0.25, -0.2) is 0 Å². The molecule has 1 aromatic carbocycles. The molecule has 0 bridgehead atoms. The van der Waals surface area contributed by atoms with Crippen molar-refractivity contribution < 1.29 is 9.32 Å². The topological polar surface area (TPSA) is 81.2 Å². The van der Waals surface area contributed by atoms with E-state index in [1.54, 1.807) is 25.1 Å². The summed E-state index contributed by atoms with van der Waals surface area (Å²) in [5.41, 5.74) is 7.07. The van der Waals surface area contributed by atoms with Crippen LogP contribution in [-0.4, -0.2) is 11.1 Å². The van der Waals surface area contributed by atoms with Crippen molar-refractivity contribution >= 4 is 29.1 Å². The van der Waals surface area contributed by atoms with Crippen molar-refractivity contribution in [3.05, 3.63) is 40.5 Å². The number of halogens is 1. The number of aryl methyl sites for hydroxylation is 1. The third kappa shape index (κ3) is 2.57. The van der Waals surface area contributed by atoms with Crippen molar-refractivity contribution in [3.8, 4) is 0 Å². The van der Waals surface area contributed by atoms with Gasteiger partial charge in [-0.3, -0.25) is 10.1 Å². The van der Waals surface area contributed by atoms with Gasteiger partial charge < -0.3 is 10.3 Å². The first-order chi connectivity index (χ1) is 8.06. The lowest BCUT2D eigenvalue weighted by molar-refractivity contribution is 0.102. The Bertz CT molecular complexity index is 566. The minimum Gasteiger partial charge on any atom is -0.398 e. The molecule has 0 atom stereocenters. The van der Waals surface area contributed by atoms with E-state index in [9.17, 15) is 4.79 Å². The van der Waals surface area contributed by atoms with Crippen molar-refractivity contribution in [1.82, 2.24) is 5.16 Å². The molecule has 0 spiro atoms. The Hall–Kier alpha value is -2.01. The summed E-state index contributed by atoms with van der Waals surface area (Å²) >= 11 is 5.82. The van der Waals surface area contributed by atoms with Crippen LogP contribution >= 0.6 is 11.6 Å². The van der Waals surface area contributed by atoms with Crippen molar-refractivity contribution in [2.45, 2.75) is 6.92 Å². The fourth-order valence-corrected chi connectivity index (χ4v) is 1.46. The molecular formula is C11H10ClN3O2. The number of hydrogen-bond acceptors (Lipinski definition) is 4. The Balaban J connectivity index is 2.17. The Morgan fingerprint density at radius 3 is 2.82 bits per heavy atom. The van der Waals surface area contributed by atoms with Gasteiger partial charge in [-0.1, -0.05) is 16.8 Å². The molecule has 5 nitrogen and oxygen atoms in total. The fourth-order valence-electron chi connectivity index (χ4n) is 1.27. The molecule has 1 aromatic heterocycles. The zero-order valence-corrected chi connectivity index (χ0v) is 9.78. The largest absolute Gasteiger partial charge is 0.398 e. The molecule has 0 aliphatic carbocycles. The van der Waals surface area contributed by atoms with E-state index >= 15 is 0 Å². The molecule has 0 aliphatic heterocycles. The highest BCUT2D eigenvalue weighted by molar-refractivity contribution is 6.33. The zero-order chi connectivity index (χ0) is 12.4. The molecule has 1 heterocycles. The molecule has 0 saturated carbocycles. The number of nitrogens with zero attached hydrogens (tertiary/aromatic N) is 1. The molecule has 0 radical (unpaired) electrons. The summed E-state index contributed by atoms with van der Waals surface area (Å²) in [4.78, 5) is 11.8. The first kappa shape index (κ1) is 11.5. The molecule has 2 aromatic rings. The minimum absolute atomic E-state index is 0.292. The lowest BCUT2D eigenvalue weighted by Gasteiger charge is -2.03. The second-order valence-corrected chi connectivity index (χ2v) is 3.93. The maximum absolute atomic E-state index is 11.8. The van der Waals surface area contributed by atoms with Crippen LogP contribution in [-0.2, 0) is 0 Å². The predicted octanol–water partition coefficient (Wildman–Crippen LogP) is 2.47. The standard InChI is InChI=1S/C11H10ClN3O2/c1-6-4-10(17-15-6)14-11(16)7-2-3-9(13)8(12)5-7/h2-5H,13H2,1H3,(H,14,16). The number of hydrogen-bond donors (Lipinski definition) is 2. The molecule has 1 amide bonds. The van der Waals surface area contributed by atoms with E-state index in [4.69, 9.17) is 21.9 Å². The smallest absolute Gasteiger partial charge is 0.258 e. The summed E-state index contributed by atoms with van der Waals surface area (Å²) in [5, 5.41) is 6.56. The third-order valence-corrected chi connectivity index (χ3v) is 2.45. The summed E-state index contributed by atoms with van der Waals surface area (Å²) in [5.74, 6) is -0.0384. The molecule has 3 N–H and O–H groups in total. The van der Waals surface area contributed by atoms with Crippen LogP contribution in [0.25, 0.3) is 0 Å². The van der Waals surface area contributed by atoms with Gasteiger partial charge in [-0.2, -0.15) is 0 Å². The fraction of sp³-hybridized carbons (Fsp3) is 0.0909. The molecular weight excluding hydrogens is 242 g/mol. The van der Waals surface area contributed by atoms with Crippen LogP contribution in [0.15, 0.2) is 28.8 Å². The maximum Gasteiger partial charge on any atom is 0.258 e. The van der Waals surface area contributed by atoms with Crippen LogP contribution in [0.5, 0.6) is 0 Å². The van der Waals surface area contributed by atoms with Crippen LogP contribution in [0, 0.1) is 6.92 Å². The SMILES string of the molecule is Cc1cc(NC(=O)c2ccc(N)c(Cl)c2)on1. The van der Waals surface area contributed by atoms with Crippen LogP contribution in [0.4, 0.5) is 11.6 Å². The van der Waals surface area contributed by atoms with Crippen LogP contribution in [0.2, 0.25) is 5.02 Å². The predicted molar refractivity (Wildman–Crippen MR) is 65.1 cm³/mol. The number of nitrogens with two attached hydrogens (primary N) is 1. The van der Waals surface area contributed by atoms with Gasteiger partial charge >= 0.3 is 0 Å². The first-order valence-electron chi connectivity index (χ1n) is 4.86. The summed E-state index contributed by atoms with van der Waals surface area (Å²) in [7, 11) is 0. The second kappa shape index (κ2) is 4.47. The monoisotopic (exact) mass is 251 g/mol. The van der Waals surface area contributed by atoms with E-state index in [1.807, 2.05) is 0 Å². The molecule has 88 valence electrons. The second-order valence-electron chi connectivity index (χ2n) is 3.52. The maximum atomic E-state index is 11.8. The Morgan fingerprint density at radius 1 is 1.47 bits per heavy atom. The lowest BCUT2D eigenvalue weighted by Crippen LogP contribution is -2.11. The molecule has 17 heavy (non-hydrogen) atoms. The van der Waals surface area contributed by atoms with Crippen molar-refractivity contribution in [2.24, 2.45) is 0 Å². The van der Waals surface area contributed by atoms with Crippen molar-refractivity contribution in [2.75, 3.05) is 11.1 Å². The highest BCUT2D eigenvalue weighted by atomic mass is 35.5. The number of benzene rings is 1. The van der Waals surface area contributed by atoms with Gasteiger partial charge in [0.25, 0.3) is 5.91 Å². The van der Waals surface area contributed by atoms with Crippen LogP contribution in [0.1, 0.15) is 16.1 Å². The van der Waals surface area contributed by atoms with E-state index in [0.717, 1.165) is 0 Å². The Morgan fingerprint density at radius 2 is 2.24 bits per heavy atom. The van der Waals surface area contributed by atoms with Gasteiger partial charge in [-0.05, 0) is 25.1 Å².